The van der Waals surface area contributed by atoms with E-state index in [-0.39, 0.29) is 16.2 Å². The highest BCUT2D eigenvalue weighted by atomic mass is 35.5. The number of nitrogens with zero attached hydrogens (tertiary/aromatic N) is 4. The Morgan fingerprint density at radius 1 is 1.22 bits per heavy atom. The van der Waals surface area contributed by atoms with E-state index in [1.807, 2.05) is 26.8 Å². The minimum absolute atomic E-state index is 0.109. The van der Waals surface area contributed by atoms with Crippen molar-refractivity contribution in [3.05, 3.63) is 56.6 Å². The predicted molar refractivity (Wildman–Crippen MR) is 91.8 cm³/mol. The number of hydrogen-bond acceptors (Lipinski definition) is 4. The van der Waals surface area contributed by atoms with Crippen molar-refractivity contribution in [3.63, 3.8) is 0 Å². The lowest BCUT2D eigenvalue weighted by Crippen LogP contribution is -2.24. The highest BCUT2D eigenvalue weighted by molar-refractivity contribution is 6.34. The fourth-order valence-electron chi connectivity index (χ4n) is 2.56. The highest BCUT2D eigenvalue weighted by Gasteiger charge is 2.18. The third-order valence-corrected chi connectivity index (χ3v) is 4.12. The summed E-state index contributed by atoms with van der Waals surface area (Å²) in [6.07, 6.45) is 3.25. The van der Waals surface area contributed by atoms with Crippen LogP contribution in [0.1, 0.15) is 31.0 Å². The second kappa shape index (κ2) is 5.91. The lowest BCUT2D eigenvalue weighted by molar-refractivity contribution is 0.792. The molecule has 0 unspecified atom stereocenters. The number of rotatable bonds is 2. The summed E-state index contributed by atoms with van der Waals surface area (Å²) in [7, 11) is 0. The Morgan fingerprint density at radius 2 is 1.96 bits per heavy atom. The largest absolute Gasteiger partial charge is 0.354 e. The van der Waals surface area contributed by atoms with Crippen molar-refractivity contribution in [1.29, 1.82) is 0 Å². The van der Waals surface area contributed by atoms with E-state index in [1.54, 1.807) is 12.3 Å². The number of aryl methyl sites for hydroxylation is 1. The Morgan fingerprint density at radius 3 is 2.65 bits per heavy atom. The van der Waals surface area contributed by atoms with Gasteiger partial charge in [-0.3, -0.25) is 9.55 Å². The first-order valence-electron chi connectivity index (χ1n) is 7.10. The zero-order chi connectivity index (χ0) is 16.7. The SMILES string of the molecule is Cc1ccnc(C(C)C)c1-n1c(=O)nc(Cl)c2cnc(Cl)cc21. The molecule has 0 radical (unpaired) electrons. The van der Waals surface area contributed by atoms with E-state index in [0.29, 0.717) is 16.6 Å². The summed E-state index contributed by atoms with van der Waals surface area (Å²) in [4.78, 5) is 24.9. The first-order valence-corrected chi connectivity index (χ1v) is 7.85. The smallest absolute Gasteiger partial charge is 0.259 e. The maximum absolute atomic E-state index is 12.6. The molecule has 7 heteroatoms. The number of pyridine rings is 2. The van der Waals surface area contributed by atoms with Crippen molar-refractivity contribution in [2.75, 3.05) is 0 Å². The maximum atomic E-state index is 12.6. The van der Waals surface area contributed by atoms with Gasteiger partial charge in [0.05, 0.1) is 22.3 Å². The predicted octanol–water partition coefficient (Wildman–Crippen LogP) is 3.91. The van der Waals surface area contributed by atoms with Crippen LogP contribution in [0.3, 0.4) is 0 Å². The number of aromatic nitrogens is 4. The summed E-state index contributed by atoms with van der Waals surface area (Å²) >= 11 is 12.1. The average molecular weight is 349 g/mol. The van der Waals surface area contributed by atoms with Crippen LogP contribution in [-0.4, -0.2) is 19.5 Å². The Kier molecular flexibility index (Phi) is 4.08. The summed E-state index contributed by atoms with van der Waals surface area (Å²) in [5, 5.41) is 0.951. The van der Waals surface area contributed by atoms with Crippen LogP contribution in [0, 0.1) is 6.92 Å². The van der Waals surface area contributed by atoms with Crippen LogP contribution < -0.4 is 5.69 Å². The minimum Gasteiger partial charge on any atom is -0.259 e. The fourth-order valence-corrected chi connectivity index (χ4v) is 2.93. The third-order valence-electron chi connectivity index (χ3n) is 3.62. The topological polar surface area (TPSA) is 60.7 Å². The van der Waals surface area contributed by atoms with Gasteiger partial charge in [0.1, 0.15) is 10.3 Å². The molecule has 0 amide bonds. The fraction of sp³-hybridized carbons (Fsp3) is 0.250. The van der Waals surface area contributed by atoms with Crippen molar-refractivity contribution in [1.82, 2.24) is 19.5 Å². The van der Waals surface area contributed by atoms with Gasteiger partial charge in [0, 0.05) is 18.5 Å². The Bertz CT molecular complexity index is 966. The highest BCUT2D eigenvalue weighted by Crippen LogP contribution is 2.28. The molecular weight excluding hydrogens is 335 g/mol. The first-order chi connectivity index (χ1) is 10.9. The van der Waals surface area contributed by atoms with Crippen molar-refractivity contribution >= 4 is 34.1 Å². The molecule has 5 nitrogen and oxygen atoms in total. The van der Waals surface area contributed by atoms with Crippen LogP contribution in [0.5, 0.6) is 0 Å². The van der Waals surface area contributed by atoms with Crippen molar-refractivity contribution in [2.24, 2.45) is 0 Å². The second-order valence-electron chi connectivity index (χ2n) is 5.56. The van der Waals surface area contributed by atoms with Gasteiger partial charge in [0.2, 0.25) is 0 Å². The van der Waals surface area contributed by atoms with Gasteiger partial charge in [-0.05, 0) is 24.5 Å². The molecule has 3 rings (SSSR count). The van der Waals surface area contributed by atoms with Crippen LogP contribution in [0.2, 0.25) is 10.3 Å². The molecule has 118 valence electrons. The molecule has 0 bridgehead atoms. The molecule has 0 saturated heterocycles. The minimum atomic E-state index is -0.470. The summed E-state index contributed by atoms with van der Waals surface area (Å²) in [5.41, 5.74) is 2.54. The van der Waals surface area contributed by atoms with Gasteiger partial charge in [0.15, 0.2) is 0 Å². The summed E-state index contributed by atoms with van der Waals surface area (Å²) < 4.78 is 1.51. The molecule has 23 heavy (non-hydrogen) atoms. The van der Waals surface area contributed by atoms with Crippen LogP contribution in [-0.2, 0) is 0 Å². The lowest BCUT2D eigenvalue weighted by atomic mass is 10.0. The summed E-state index contributed by atoms with van der Waals surface area (Å²) in [6.45, 7) is 5.98. The van der Waals surface area contributed by atoms with Crippen molar-refractivity contribution in [2.45, 2.75) is 26.7 Å². The molecule has 0 fully saturated rings. The molecule has 0 spiro atoms. The normalized spacial score (nSPS) is 11.4. The Labute approximate surface area is 142 Å². The lowest BCUT2D eigenvalue weighted by Gasteiger charge is -2.18. The molecule has 0 saturated carbocycles. The number of fused-ring (bicyclic) bond motifs is 1. The van der Waals surface area contributed by atoms with E-state index in [1.165, 1.54) is 10.8 Å². The maximum Gasteiger partial charge on any atom is 0.354 e. The number of halogens is 2. The molecule has 0 atom stereocenters. The van der Waals surface area contributed by atoms with E-state index < -0.39 is 5.69 Å². The molecule has 0 N–H and O–H groups in total. The molecular formula is C16H14Cl2N4O. The molecule has 0 aliphatic rings. The van der Waals surface area contributed by atoms with Crippen LogP contribution >= 0.6 is 23.2 Å². The van der Waals surface area contributed by atoms with E-state index in [2.05, 4.69) is 15.0 Å². The summed E-state index contributed by atoms with van der Waals surface area (Å²) in [5.74, 6) is 0.139. The van der Waals surface area contributed by atoms with Crippen molar-refractivity contribution < 1.29 is 0 Å². The molecule has 3 aromatic rings. The van der Waals surface area contributed by atoms with E-state index in [0.717, 1.165) is 11.3 Å². The number of hydrogen-bond donors (Lipinski definition) is 0. The summed E-state index contributed by atoms with van der Waals surface area (Å²) in [6, 6.07) is 3.47. The van der Waals surface area contributed by atoms with Gasteiger partial charge in [-0.25, -0.2) is 9.78 Å². The molecule has 3 heterocycles. The van der Waals surface area contributed by atoms with Gasteiger partial charge in [0.25, 0.3) is 0 Å². The molecule has 0 aliphatic heterocycles. The zero-order valence-corrected chi connectivity index (χ0v) is 14.4. The van der Waals surface area contributed by atoms with Gasteiger partial charge < -0.3 is 0 Å². The Hall–Kier alpha value is -1.98. The van der Waals surface area contributed by atoms with Crippen LogP contribution in [0.4, 0.5) is 0 Å². The van der Waals surface area contributed by atoms with Gasteiger partial charge in [-0.15, -0.1) is 0 Å². The van der Waals surface area contributed by atoms with Crippen molar-refractivity contribution in [3.8, 4) is 5.69 Å². The van der Waals surface area contributed by atoms with Crippen LogP contribution in [0.15, 0.2) is 29.3 Å². The Balaban J connectivity index is 2.52. The molecule has 3 aromatic heterocycles. The van der Waals surface area contributed by atoms with E-state index in [9.17, 15) is 4.79 Å². The monoisotopic (exact) mass is 348 g/mol. The quantitative estimate of drug-likeness (QED) is 0.520. The van der Waals surface area contributed by atoms with Gasteiger partial charge in [-0.1, -0.05) is 37.0 Å². The first kappa shape index (κ1) is 15.9. The van der Waals surface area contributed by atoms with Gasteiger partial charge in [-0.2, -0.15) is 4.98 Å². The van der Waals surface area contributed by atoms with E-state index >= 15 is 0 Å². The standard InChI is InChI=1S/C16H14Cl2N4O/c1-8(2)13-14(9(3)4-5-19-13)22-11-6-12(17)20-7-10(11)15(18)21-16(22)23/h4-8H,1-3H3. The zero-order valence-electron chi connectivity index (χ0n) is 12.8. The third kappa shape index (κ3) is 2.71. The van der Waals surface area contributed by atoms with Crippen LogP contribution in [0.25, 0.3) is 16.6 Å². The molecule has 0 aliphatic carbocycles. The van der Waals surface area contributed by atoms with E-state index in [4.69, 9.17) is 23.2 Å². The second-order valence-corrected chi connectivity index (χ2v) is 6.31. The molecule has 0 aromatic carbocycles. The average Bonchev–Trinajstić information content (AvgIpc) is 2.48. The van der Waals surface area contributed by atoms with Gasteiger partial charge >= 0.3 is 5.69 Å².